The number of halogens is 1. The molecule has 3 aromatic carbocycles. The van der Waals surface area contributed by atoms with Gasteiger partial charge in [-0.15, -0.1) is 0 Å². The van der Waals surface area contributed by atoms with Gasteiger partial charge in [-0.1, -0.05) is 54.9 Å². The molecule has 0 spiro atoms. The molecule has 0 atom stereocenters. The number of ether oxygens (including phenoxy) is 1. The van der Waals surface area contributed by atoms with Crippen LogP contribution in [-0.2, 0) is 0 Å². The minimum absolute atomic E-state index is 0.257. The number of allylic oxidation sites excluding steroid dienone is 1. The molecule has 4 heteroatoms. The zero-order valence-corrected chi connectivity index (χ0v) is 18.5. The second-order valence-electron chi connectivity index (χ2n) is 7.44. The highest BCUT2D eigenvalue weighted by Gasteiger charge is 2.13. The molecule has 3 rings (SSSR count). The largest absolute Gasteiger partial charge is 0.508 e. The van der Waals surface area contributed by atoms with Crippen molar-refractivity contribution in [3.05, 3.63) is 94.5 Å². The maximum Gasteiger partial charge on any atom is 0.119 e. The van der Waals surface area contributed by atoms with Crippen LogP contribution in [0, 0.1) is 0 Å². The summed E-state index contributed by atoms with van der Waals surface area (Å²) in [5, 5.41) is 10.5. The van der Waals surface area contributed by atoms with Crippen LogP contribution < -0.4 is 4.74 Å². The minimum atomic E-state index is 0.257. The lowest BCUT2D eigenvalue weighted by Crippen LogP contribution is -2.19. The summed E-state index contributed by atoms with van der Waals surface area (Å²) in [6.07, 6.45) is 0.860. The third-order valence-electron chi connectivity index (χ3n) is 4.95. The molecule has 156 valence electrons. The number of rotatable bonds is 8. The maximum absolute atomic E-state index is 9.76. The number of phenols is 1. The molecule has 3 aromatic rings. The van der Waals surface area contributed by atoms with Crippen molar-refractivity contribution in [2.75, 3.05) is 27.2 Å². The molecular weight excluding hydrogens is 394 g/mol. The van der Waals surface area contributed by atoms with Gasteiger partial charge in [0.05, 0.1) is 0 Å². The number of likely N-dealkylation sites (N-methyl/N-ethyl adjacent to an activating group) is 1. The standard InChI is InChI=1S/C26H28ClNO2/c1-4-25(19-5-11-22(27)12-6-19)26(20-7-13-23(29)14-8-20)21-9-15-24(16-10-21)30-18-17-28(2)3/h5-16,29H,4,17-18H2,1-3H3/b26-25+. The molecule has 1 N–H and O–H groups in total. The van der Waals surface area contributed by atoms with E-state index in [1.807, 2.05) is 50.5 Å². The molecule has 0 aliphatic carbocycles. The fraction of sp³-hybridized carbons (Fsp3) is 0.231. The van der Waals surface area contributed by atoms with E-state index in [9.17, 15) is 5.11 Å². The lowest BCUT2D eigenvalue weighted by Gasteiger charge is -2.17. The van der Waals surface area contributed by atoms with Gasteiger partial charge >= 0.3 is 0 Å². The summed E-state index contributed by atoms with van der Waals surface area (Å²) in [6, 6.07) is 23.5. The summed E-state index contributed by atoms with van der Waals surface area (Å²) >= 11 is 6.11. The van der Waals surface area contributed by atoms with Crippen LogP contribution in [0.1, 0.15) is 30.0 Å². The first kappa shape index (κ1) is 21.9. The van der Waals surface area contributed by atoms with Gasteiger partial charge in [0.25, 0.3) is 0 Å². The molecule has 3 nitrogen and oxygen atoms in total. The van der Waals surface area contributed by atoms with Crippen LogP contribution in [0.25, 0.3) is 11.1 Å². The van der Waals surface area contributed by atoms with Crippen molar-refractivity contribution in [3.63, 3.8) is 0 Å². The Morgan fingerprint density at radius 2 is 1.37 bits per heavy atom. The molecular formula is C26H28ClNO2. The Kier molecular flexibility index (Phi) is 7.56. The van der Waals surface area contributed by atoms with E-state index in [0.29, 0.717) is 6.61 Å². The predicted octanol–water partition coefficient (Wildman–Crippen LogP) is 6.36. The van der Waals surface area contributed by atoms with Gasteiger partial charge in [0.1, 0.15) is 18.1 Å². The van der Waals surface area contributed by atoms with Gasteiger partial charge in [-0.2, -0.15) is 0 Å². The number of phenolic OH excluding ortho intramolecular Hbond substituents is 1. The van der Waals surface area contributed by atoms with Crippen molar-refractivity contribution >= 4 is 22.7 Å². The van der Waals surface area contributed by atoms with Gasteiger partial charge in [-0.05, 0) is 84.8 Å². The summed E-state index contributed by atoms with van der Waals surface area (Å²) in [5.74, 6) is 1.11. The summed E-state index contributed by atoms with van der Waals surface area (Å²) in [5.41, 5.74) is 5.66. The fourth-order valence-electron chi connectivity index (χ4n) is 3.38. The normalized spacial score (nSPS) is 12.0. The van der Waals surface area contributed by atoms with Crippen LogP contribution in [-0.4, -0.2) is 37.3 Å². The Balaban J connectivity index is 2.03. The fourth-order valence-corrected chi connectivity index (χ4v) is 3.51. The van der Waals surface area contributed by atoms with Crippen LogP contribution in [0.3, 0.4) is 0 Å². The molecule has 0 fully saturated rings. The number of aromatic hydroxyl groups is 1. The molecule has 0 radical (unpaired) electrons. The van der Waals surface area contributed by atoms with Crippen LogP contribution in [0.4, 0.5) is 0 Å². The van der Waals surface area contributed by atoms with E-state index in [-0.39, 0.29) is 5.75 Å². The summed E-state index contributed by atoms with van der Waals surface area (Å²) in [6.45, 7) is 3.68. The third kappa shape index (κ3) is 5.65. The molecule has 0 aliphatic rings. The Bertz CT molecular complexity index is 975. The van der Waals surface area contributed by atoms with E-state index in [1.54, 1.807) is 12.1 Å². The average Bonchev–Trinajstić information content (AvgIpc) is 2.74. The van der Waals surface area contributed by atoms with Crippen LogP contribution in [0.15, 0.2) is 72.8 Å². The first-order valence-corrected chi connectivity index (χ1v) is 10.5. The molecule has 0 saturated carbocycles. The summed E-state index contributed by atoms with van der Waals surface area (Å²) in [4.78, 5) is 2.10. The highest BCUT2D eigenvalue weighted by molar-refractivity contribution is 6.30. The van der Waals surface area contributed by atoms with Crippen molar-refractivity contribution in [2.24, 2.45) is 0 Å². The number of nitrogens with zero attached hydrogens (tertiary/aromatic N) is 1. The summed E-state index contributed by atoms with van der Waals surface area (Å²) < 4.78 is 5.85. The number of hydrogen-bond donors (Lipinski definition) is 1. The van der Waals surface area contributed by atoms with Crippen LogP contribution >= 0.6 is 11.6 Å². The van der Waals surface area contributed by atoms with Crippen molar-refractivity contribution in [3.8, 4) is 11.5 Å². The molecule has 0 heterocycles. The van der Waals surface area contributed by atoms with Crippen LogP contribution in [0.5, 0.6) is 11.5 Å². The van der Waals surface area contributed by atoms with Gasteiger partial charge in [0, 0.05) is 11.6 Å². The topological polar surface area (TPSA) is 32.7 Å². The monoisotopic (exact) mass is 421 g/mol. The Hall–Kier alpha value is -2.75. The van der Waals surface area contributed by atoms with Gasteiger partial charge in [-0.25, -0.2) is 0 Å². The molecule has 0 unspecified atom stereocenters. The Labute approximate surface area is 184 Å². The van der Waals surface area contributed by atoms with Crippen molar-refractivity contribution in [1.29, 1.82) is 0 Å². The molecule has 0 saturated heterocycles. The number of hydrogen-bond acceptors (Lipinski definition) is 3. The Morgan fingerprint density at radius 1 is 0.833 bits per heavy atom. The molecule has 0 bridgehead atoms. The second kappa shape index (κ2) is 10.3. The lowest BCUT2D eigenvalue weighted by atomic mass is 9.88. The van der Waals surface area contributed by atoms with Gasteiger partial charge in [-0.3, -0.25) is 0 Å². The first-order valence-electron chi connectivity index (χ1n) is 10.1. The molecule has 0 aliphatic heterocycles. The third-order valence-corrected chi connectivity index (χ3v) is 5.21. The maximum atomic E-state index is 9.76. The highest BCUT2D eigenvalue weighted by Crippen LogP contribution is 2.35. The quantitative estimate of drug-likeness (QED) is 0.430. The average molecular weight is 422 g/mol. The van der Waals surface area contributed by atoms with E-state index < -0.39 is 0 Å². The minimum Gasteiger partial charge on any atom is -0.508 e. The second-order valence-corrected chi connectivity index (χ2v) is 7.87. The number of benzene rings is 3. The van der Waals surface area contributed by atoms with E-state index in [1.165, 1.54) is 5.57 Å². The van der Waals surface area contributed by atoms with Gasteiger partial charge in [0.15, 0.2) is 0 Å². The lowest BCUT2D eigenvalue weighted by molar-refractivity contribution is 0.261. The summed E-state index contributed by atoms with van der Waals surface area (Å²) in [7, 11) is 4.06. The van der Waals surface area contributed by atoms with Gasteiger partial charge in [0.2, 0.25) is 0 Å². The zero-order valence-electron chi connectivity index (χ0n) is 17.7. The van der Waals surface area contributed by atoms with Crippen LogP contribution in [0.2, 0.25) is 5.02 Å². The smallest absolute Gasteiger partial charge is 0.119 e. The molecule has 0 aromatic heterocycles. The van der Waals surface area contributed by atoms with E-state index in [4.69, 9.17) is 16.3 Å². The Morgan fingerprint density at radius 3 is 1.90 bits per heavy atom. The van der Waals surface area contributed by atoms with E-state index in [0.717, 1.165) is 46.0 Å². The SMILES string of the molecule is CC/C(=C(/c1ccc(O)cc1)c1ccc(OCCN(C)C)cc1)c1ccc(Cl)cc1. The molecule has 30 heavy (non-hydrogen) atoms. The van der Waals surface area contributed by atoms with Crippen molar-refractivity contribution < 1.29 is 9.84 Å². The van der Waals surface area contributed by atoms with E-state index in [2.05, 4.69) is 36.1 Å². The highest BCUT2D eigenvalue weighted by atomic mass is 35.5. The molecule has 0 amide bonds. The predicted molar refractivity (Wildman–Crippen MR) is 126 cm³/mol. The zero-order chi connectivity index (χ0) is 21.5. The van der Waals surface area contributed by atoms with Gasteiger partial charge < -0.3 is 14.7 Å². The van der Waals surface area contributed by atoms with E-state index >= 15 is 0 Å². The van der Waals surface area contributed by atoms with Crippen molar-refractivity contribution in [2.45, 2.75) is 13.3 Å². The first-order chi connectivity index (χ1) is 14.5. The van der Waals surface area contributed by atoms with Crippen molar-refractivity contribution in [1.82, 2.24) is 4.90 Å².